The van der Waals surface area contributed by atoms with E-state index in [2.05, 4.69) is 23.1 Å². The highest BCUT2D eigenvalue weighted by Gasteiger charge is 2.25. The monoisotopic (exact) mass is 540 g/mol. The molecule has 1 aromatic heterocycles. The second kappa shape index (κ2) is 11.5. The smallest absolute Gasteiger partial charge is 0.312 e. The van der Waals surface area contributed by atoms with Crippen molar-refractivity contribution in [3.63, 3.8) is 0 Å². The molecular weight excluding hydrogens is 507 g/mol. The molecule has 196 valence electrons. The van der Waals surface area contributed by atoms with Crippen molar-refractivity contribution in [2.45, 2.75) is 52.0 Å². The molecule has 1 aliphatic heterocycles. The van der Waals surface area contributed by atoms with Crippen LogP contribution >= 0.6 is 23.2 Å². The van der Waals surface area contributed by atoms with Gasteiger partial charge in [0.1, 0.15) is 0 Å². The molecule has 1 aliphatic carbocycles. The number of fused-ring (bicyclic) bond motifs is 1. The fourth-order valence-corrected chi connectivity index (χ4v) is 5.94. The topological polar surface area (TPSA) is 50.5 Å². The summed E-state index contributed by atoms with van der Waals surface area (Å²) < 4.78 is 3.85. The molecule has 1 saturated heterocycles. The molecule has 1 fully saturated rings. The summed E-state index contributed by atoms with van der Waals surface area (Å²) in [5.74, 6) is 0.508. The molecule has 37 heavy (non-hydrogen) atoms. The Morgan fingerprint density at radius 2 is 1.78 bits per heavy atom. The van der Waals surface area contributed by atoms with Crippen LogP contribution in [0, 0.1) is 5.92 Å². The maximum atomic E-state index is 13.4. The lowest BCUT2D eigenvalue weighted by Crippen LogP contribution is -2.42. The van der Waals surface area contributed by atoms with E-state index in [9.17, 15) is 9.59 Å². The quantitative estimate of drug-likeness (QED) is 0.337. The summed E-state index contributed by atoms with van der Waals surface area (Å²) in [4.78, 5) is 30.4. The van der Waals surface area contributed by atoms with Crippen LogP contribution in [0.25, 0.3) is 16.7 Å². The average Bonchev–Trinajstić information content (AvgIpc) is 3.53. The second-order valence-electron chi connectivity index (χ2n) is 10.1. The summed E-state index contributed by atoms with van der Waals surface area (Å²) in [7, 11) is 0. The van der Waals surface area contributed by atoms with E-state index in [-0.39, 0.29) is 11.6 Å². The number of imidazole rings is 1. The third-order valence-electron chi connectivity index (χ3n) is 7.75. The number of anilines is 1. The molecule has 1 amide bonds. The molecule has 0 N–H and O–H groups in total. The van der Waals surface area contributed by atoms with Gasteiger partial charge in [-0.3, -0.25) is 13.9 Å². The van der Waals surface area contributed by atoms with E-state index < -0.39 is 0 Å². The van der Waals surface area contributed by atoms with Crippen LogP contribution in [0.3, 0.4) is 0 Å². The van der Waals surface area contributed by atoms with Crippen LogP contribution in [0.1, 0.15) is 45.4 Å². The number of halogens is 2. The number of para-hydroxylation sites is 2. The SMILES string of the molecule is CCC(=O)N(CC1CCN(CCn2c(=O)n(C3=CCCC3)c3ccccc32)CC1)c1ccc(Cl)c(Cl)c1. The summed E-state index contributed by atoms with van der Waals surface area (Å²) in [6, 6.07) is 13.5. The third kappa shape index (κ3) is 5.52. The maximum Gasteiger partial charge on any atom is 0.333 e. The van der Waals surface area contributed by atoms with Crippen LogP contribution in [-0.4, -0.2) is 46.1 Å². The van der Waals surface area contributed by atoms with Gasteiger partial charge >= 0.3 is 5.69 Å². The molecule has 0 radical (unpaired) electrons. The van der Waals surface area contributed by atoms with Crippen LogP contribution in [-0.2, 0) is 11.3 Å². The number of carbonyl (C=O) groups excluding carboxylic acids is 1. The Bertz CT molecular complexity index is 1370. The van der Waals surface area contributed by atoms with Crippen molar-refractivity contribution in [1.82, 2.24) is 14.0 Å². The van der Waals surface area contributed by atoms with E-state index in [0.29, 0.717) is 35.5 Å². The van der Waals surface area contributed by atoms with Crippen molar-refractivity contribution in [3.05, 3.63) is 69.1 Å². The Morgan fingerprint density at radius 3 is 2.46 bits per heavy atom. The lowest BCUT2D eigenvalue weighted by Gasteiger charge is -2.35. The van der Waals surface area contributed by atoms with Gasteiger partial charge < -0.3 is 9.80 Å². The Balaban J connectivity index is 1.23. The van der Waals surface area contributed by atoms with Crippen molar-refractivity contribution < 1.29 is 4.79 Å². The van der Waals surface area contributed by atoms with Gasteiger partial charge in [-0.2, -0.15) is 0 Å². The van der Waals surface area contributed by atoms with Gasteiger partial charge in [0.25, 0.3) is 0 Å². The van der Waals surface area contributed by atoms with Gasteiger partial charge in [-0.05, 0) is 81.4 Å². The lowest BCUT2D eigenvalue weighted by atomic mass is 9.95. The van der Waals surface area contributed by atoms with Gasteiger partial charge in [0.15, 0.2) is 0 Å². The Kier molecular flexibility index (Phi) is 8.08. The first-order valence-corrected chi connectivity index (χ1v) is 14.1. The van der Waals surface area contributed by atoms with Gasteiger partial charge in [0.2, 0.25) is 5.91 Å². The van der Waals surface area contributed by atoms with Crippen molar-refractivity contribution in [3.8, 4) is 0 Å². The zero-order chi connectivity index (χ0) is 25.9. The Labute approximate surface area is 228 Å². The number of likely N-dealkylation sites (tertiary alicyclic amines) is 1. The standard InChI is InChI=1S/C29H34Cl2N4O2/c1-2-28(36)34(23-11-12-24(30)25(31)19-23)20-21-13-15-32(16-14-21)17-18-33-26-9-5-6-10-27(26)35(29(33)37)22-7-3-4-8-22/h5-7,9-12,19,21H,2-4,8,13-18,20H2,1H3. The zero-order valence-electron chi connectivity index (χ0n) is 21.3. The highest BCUT2D eigenvalue weighted by molar-refractivity contribution is 6.42. The minimum Gasteiger partial charge on any atom is -0.312 e. The summed E-state index contributed by atoms with van der Waals surface area (Å²) in [6.07, 6.45) is 7.79. The first kappa shape index (κ1) is 26.1. The molecule has 0 saturated carbocycles. The molecule has 2 aromatic carbocycles. The lowest BCUT2D eigenvalue weighted by molar-refractivity contribution is -0.118. The molecule has 0 unspecified atom stereocenters. The zero-order valence-corrected chi connectivity index (χ0v) is 22.8. The van der Waals surface area contributed by atoms with Crippen molar-refractivity contribution in [1.29, 1.82) is 0 Å². The molecule has 2 aliphatic rings. The highest BCUT2D eigenvalue weighted by Crippen LogP contribution is 2.30. The summed E-state index contributed by atoms with van der Waals surface area (Å²) >= 11 is 12.3. The fraction of sp³-hybridized carbons (Fsp3) is 0.448. The largest absolute Gasteiger partial charge is 0.333 e. The minimum absolute atomic E-state index is 0.0691. The van der Waals surface area contributed by atoms with Crippen LogP contribution in [0.5, 0.6) is 0 Å². The Hall–Kier alpha value is -2.54. The van der Waals surface area contributed by atoms with E-state index in [1.165, 1.54) is 0 Å². The minimum atomic E-state index is 0.0691. The van der Waals surface area contributed by atoms with E-state index in [1.54, 1.807) is 12.1 Å². The molecule has 8 heteroatoms. The van der Waals surface area contributed by atoms with E-state index in [0.717, 1.165) is 74.2 Å². The number of hydrogen-bond donors (Lipinski definition) is 0. The van der Waals surface area contributed by atoms with E-state index >= 15 is 0 Å². The third-order valence-corrected chi connectivity index (χ3v) is 8.48. The van der Waals surface area contributed by atoms with Crippen LogP contribution in [0.2, 0.25) is 10.0 Å². The van der Waals surface area contributed by atoms with Crippen molar-refractivity contribution in [2.75, 3.05) is 31.1 Å². The number of amides is 1. The molecule has 0 spiro atoms. The predicted molar refractivity (Wildman–Crippen MR) is 153 cm³/mol. The number of carbonyl (C=O) groups is 1. The van der Waals surface area contributed by atoms with E-state index in [4.69, 9.17) is 23.2 Å². The molecule has 0 atom stereocenters. The number of piperidine rings is 1. The summed E-state index contributed by atoms with van der Waals surface area (Å²) in [5.41, 5.74) is 4.01. The number of hydrogen-bond acceptors (Lipinski definition) is 3. The fourth-order valence-electron chi connectivity index (χ4n) is 5.65. The highest BCUT2D eigenvalue weighted by atomic mass is 35.5. The number of nitrogens with zero attached hydrogens (tertiary/aromatic N) is 4. The molecular formula is C29H34Cl2N4O2. The normalized spacial score (nSPS) is 16.9. The molecule has 6 nitrogen and oxygen atoms in total. The van der Waals surface area contributed by atoms with E-state index in [1.807, 2.05) is 39.2 Å². The summed E-state index contributed by atoms with van der Waals surface area (Å²) in [6.45, 7) is 5.99. The first-order valence-electron chi connectivity index (χ1n) is 13.3. The van der Waals surface area contributed by atoms with Crippen LogP contribution in [0.15, 0.2) is 53.3 Å². The molecule has 0 bridgehead atoms. The van der Waals surface area contributed by atoms with Crippen LogP contribution in [0.4, 0.5) is 5.69 Å². The second-order valence-corrected chi connectivity index (χ2v) is 10.9. The first-order chi connectivity index (χ1) is 18.0. The van der Waals surface area contributed by atoms with Crippen LogP contribution < -0.4 is 10.6 Å². The average molecular weight is 542 g/mol. The molecule has 2 heterocycles. The molecule has 5 rings (SSSR count). The Morgan fingerprint density at radius 1 is 1.03 bits per heavy atom. The van der Waals surface area contributed by atoms with Gasteiger partial charge in [0.05, 0.1) is 21.1 Å². The van der Waals surface area contributed by atoms with Gasteiger partial charge in [0, 0.05) is 37.4 Å². The van der Waals surface area contributed by atoms with Gasteiger partial charge in [-0.1, -0.05) is 48.3 Å². The predicted octanol–water partition coefficient (Wildman–Crippen LogP) is 6.29. The number of aromatic nitrogens is 2. The van der Waals surface area contributed by atoms with Crippen molar-refractivity contribution >= 4 is 51.5 Å². The maximum absolute atomic E-state index is 13.4. The van der Waals surface area contributed by atoms with Gasteiger partial charge in [-0.15, -0.1) is 0 Å². The number of rotatable bonds is 8. The molecule has 3 aromatic rings. The summed E-state index contributed by atoms with van der Waals surface area (Å²) in [5, 5.41) is 0.952. The number of benzene rings is 2. The number of allylic oxidation sites excluding steroid dienone is 2. The van der Waals surface area contributed by atoms with Gasteiger partial charge in [-0.25, -0.2) is 4.79 Å². The van der Waals surface area contributed by atoms with Crippen molar-refractivity contribution in [2.24, 2.45) is 5.92 Å².